The Labute approximate surface area is 105 Å². The smallest absolute Gasteiger partial charge is 0.00157 e. The molecule has 2 fully saturated rings. The van der Waals surface area contributed by atoms with E-state index in [2.05, 4.69) is 43.1 Å². The summed E-state index contributed by atoms with van der Waals surface area (Å²) in [6.07, 6.45) is 4.28. The lowest BCUT2D eigenvalue weighted by Gasteiger charge is -2.33. The van der Waals surface area contributed by atoms with Gasteiger partial charge in [0.1, 0.15) is 0 Å². The lowest BCUT2D eigenvalue weighted by molar-refractivity contribution is 0.258. The zero-order chi connectivity index (χ0) is 11.8. The SMILES string of the molecule is Cc1cccc([C@@H]2CCCC3CN(C)C[C@H]32)c1. The summed E-state index contributed by atoms with van der Waals surface area (Å²) in [5.41, 5.74) is 3.01. The molecule has 0 radical (unpaired) electrons. The molecule has 1 aromatic carbocycles. The van der Waals surface area contributed by atoms with E-state index in [0.717, 1.165) is 17.8 Å². The van der Waals surface area contributed by atoms with E-state index in [1.165, 1.54) is 37.9 Å². The summed E-state index contributed by atoms with van der Waals surface area (Å²) >= 11 is 0. The Morgan fingerprint density at radius 1 is 1.18 bits per heavy atom. The maximum atomic E-state index is 2.53. The second kappa shape index (κ2) is 4.45. The van der Waals surface area contributed by atoms with Gasteiger partial charge in [0.2, 0.25) is 0 Å². The minimum Gasteiger partial charge on any atom is -0.306 e. The molecule has 92 valence electrons. The third-order valence-corrected chi connectivity index (χ3v) is 4.75. The van der Waals surface area contributed by atoms with Gasteiger partial charge < -0.3 is 4.90 Å². The van der Waals surface area contributed by atoms with Crippen molar-refractivity contribution in [3.05, 3.63) is 35.4 Å². The summed E-state index contributed by atoms with van der Waals surface area (Å²) in [6.45, 7) is 4.85. The molecule has 3 rings (SSSR count). The van der Waals surface area contributed by atoms with Gasteiger partial charge in [-0.2, -0.15) is 0 Å². The van der Waals surface area contributed by atoms with E-state index in [1.54, 1.807) is 5.56 Å². The molecule has 0 N–H and O–H groups in total. The maximum Gasteiger partial charge on any atom is 0.00157 e. The van der Waals surface area contributed by atoms with Gasteiger partial charge in [-0.3, -0.25) is 0 Å². The summed E-state index contributed by atoms with van der Waals surface area (Å²) in [5, 5.41) is 0. The molecule has 3 atom stereocenters. The fourth-order valence-corrected chi connectivity index (χ4v) is 4.01. The molecule has 17 heavy (non-hydrogen) atoms. The topological polar surface area (TPSA) is 3.24 Å². The van der Waals surface area contributed by atoms with Crippen LogP contribution in [0.5, 0.6) is 0 Å². The van der Waals surface area contributed by atoms with Crippen molar-refractivity contribution in [3.8, 4) is 0 Å². The highest BCUT2D eigenvalue weighted by molar-refractivity contribution is 5.27. The molecule has 1 aliphatic heterocycles. The minimum atomic E-state index is 0.818. The highest BCUT2D eigenvalue weighted by Crippen LogP contribution is 2.44. The second-order valence-electron chi connectivity index (χ2n) is 6.10. The summed E-state index contributed by atoms with van der Waals surface area (Å²) < 4.78 is 0. The zero-order valence-electron chi connectivity index (χ0n) is 11.0. The number of aryl methyl sites for hydroxylation is 1. The molecule has 1 aliphatic carbocycles. The molecule has 0 amide bonds. The van der Waals surface area contributed by atoms with Crippen molar-refractivity contribution in [1.82, 2.24) is 4.90 Å². The maximum absolute atomic E-state index is 2.53. The molecular weight excluding hydrogens is 206 g/mol. The first-order valence-electron chi connectivity index (χ1n) is 6.99. The third-order valence-electron chi connectivity index (χ3n) is 4.75. The molecule has 0 spiro atoms. The number of likely N-dealkylation sites (tertiary alicyclic amines) is 1. The zero-order valence-corrected chi connectivity index (χ0v) is 11.0. The summed E-state index contributed by atoms with van der Waals surface area (Å²) in [7, 11) is 2.28. The van der Waals surface area contributed by atoms with Gasteiger partial charge in [-0.1, -0.05) is 36.2 Å². The van der Waals surface area contributed by atoms with Gasteiger partial charge in [-0.05, 0) is 50.1 Å². The molecule has 1 heterocycles. The van der Waals surface area contributed by atoms with E-state index in [4.69, 9.17) is 0 Å². The first-order chi connectivity index (χ1) is 8.24. The van der Waals surface area contributed by atoms with Crippen molar-refractivity contribution < 1.29 is 0 Å². The second-order valence-corrected chi connectivity index (χ2v) is 6.10. The van der Waals surface area contributed by atoms with Crippen LogP contribution in [0.1, 0.15) is 36.3 Å². The molecular formula is C16H23N. The summed E-state index contributed by atoms with van der Waals surface area (Å²) in [6, 6.07) is 9.20. The third kappa shape index (κ3) is 2.13. The van der Waals surface area contributed by atoms with Crippen LogP contribution >= 0.6 is 0 Å². The molecule has 1 unspecified atom stereocenters. The predicted octanol–water partition coefficient (Wildman–Crippen LogP) is 3.44. The van der Waals surface area contributed by atoms with Crippen LogP contribution in [0, 0.1) is 18.8 Å². The van der Waals surface area contributed by atoms with E-state index in [0.29, 0.717) is 0 Å². The van der Waals surface area contributed by atoms with Gasteiger partial charge in [0, 0.05) is 13.1 Å². The largest absolute Gasteiger partial charge is 0.306 e. The van der Waals surface area contributed by atoms with Crippen LogP contribution in [0.3, 0.4) is 0 Å². The first kappa shape index (κ1) is 11.3. The van der Waals surface area contributed by atoms with Crippen LogP contribution < -0.4 is 0 Å². The van der Waals surface area contributed by atoms with E-state index in [1.807, 2.05) is 0 Å². The molecule has 1 saturated carbocycles. The monoisotopic (exact) mass is 229 g/mol. The first-order valence-corrected chi connectivity index (χ1v) is 6.99. The molecule has 0 aromatic heterocycles. The van der Waals surface area contributed by atoms with Crippen LogP contribution in [0.15, 0.2) is 24.3 Å². The van der Waals surface area contributed by atoms with Crippen molar-refractivity contribution in [2.24, 2.45) is 11.8 Å². The Kier molecular flexibility index (Phi) is 2.96. The Bertz CT molecular complexity index is 398. The van der Waals surface area contributed by atoms with Crippen molar-refractivity contribution >= 4 is 0 Å². The molecule has 1 aromatic rings. The number of rotatable bonds is 1. The lowest BCUT2D eigenvalue weighted by atomic mass is 9.71. The van der Waals surface area contributed by atoms with E-state index >= 15 is 0 Å². The highest BCUT2D eigenvalue weighted by Gasteiger charge is 2.39. The normalized spacial score (nSPS) is 33.6. The van der Waals surface area contributed by atoms with E-state index < -0.39 is 0 Å². The van der Waals surface area contributed by atoms with Gasteiger partial charge in [-0.25, -0.2) is 0 Å². The van der Waals surface area contributed by atoms with Crippen LogP contribution in [0.2, 0.25) is 0 Å². The average Bonchev–Trinajstić information content (AvgIpc) is 2.68. The number of nitrogens with zero attached hydrogens (tertiary/aromatic N) is 1. The standard InChI is InChI=1S/C16H23N/c1-12-5-3-6-13(9-12)15-8-4-7-14-10-17(2)11-16(14)15/h3,5-6,9,14-16H,4,7-8,10-11H2,1-2H3/t14?,15-,16+/m0/s1. The fourth-order valence-electron chi connectivity index (χ4n) is 4.01. The fraction of sp³-hybridized carbons (Fsp3) is 0.625. The molecule has 1 nitrogen and oxygen atoms in total. The molecule has 0 bridgehead atoms. The number of hydrogen-bond donors (Lipinski definition) is 0. The van der Waals surface area contributed by atoms with Gasteiger partial charge in [0.15, 0.2) is 0 Å². The number of benzene rings is 1. The van der Waals surface area contributed by atoms with Gasteiger partial charge in [-0.15, -0.1) is 0 Å². The summed E-state index contributed by atoms with van der Waals surface area (Å²) in [5.74, 6) is 2.69. The quantitative estimate of drug-likeness (QED) is 0.713. The average molecular weight is 229 g/mol. The lowest BCUT2D eigenvalue weighted by Crippen LogP contribution is -2.25. The number of hydrogen-bond acceptors (Lipinski definition) is 1. The Morgan fingerprint density at radius 3 is 2.88 bits per heavy atom. The van der Waals surface area contributed by atoms with Crippen LogP contribution in [-0.2, 0) is 0 Å². The highest BCUT2D eigenvalue weighted by atomic mass is 15.1. The summed E-state index contributed by atoms with van der Waals surface area (Å²) in [4.78, 5) is 2.53. The van der Waals surface area contributed by atoms with Gasteiger partial charge in [0.05, 0.1) is 0 Å². The van der Waals surface area contributed by atoms with Gasteiger partial charge >= 0.3 is 0 Å². The Hall–Kier alpha value is -0.820. The van der Waals surface area contributed by atoms with Crippen molar-refractivity contribution in [2.75, 3.05) is 20.1 Å². The molecule has 2 aliphatic rings. The van der Waals surface area contributed by atoms with Crippen molar-refractivity contribution in [3.63, 3.8) is 0 Å². The van der Waals surface area contributed by atoms with Crippen molar-refractivity contribution in [1.29, 1.82) is 0 Å². The van der Waals surface area contributed by atoms with Crippen LogP contribution in [0.25, 0.3) is 0 Å². The van der Waals surface area contributed by atoms with Crippen LogP contribution in [0.4, 0.5) is 0 Å². The molecule has 1 saturated heterocycles. The van der Waals surface area contributed by atoms with E-state index in [9.17, 15) is 0 Å². The van der Waals surface area contributed by atoms with Crippen LogP contribution in [-0.4, -0.2) is 25.0 Å². The Balaban J connectivity index is 1.87. The number of fused-ring (bicyclic) bond motifs is 1. The molecule has 1 heteroatoms. The Morgan fingerprint density at radius 2 is 2.06 bits per heavy atom. The van der Waals surface area contributed by atoms with Crippen molar-refractivity contribution in [2.45, 2.75) is 32.1 Å². The minimum absolute atomic E-state index is 0.818. The van der Waals surface area contributed by atoms with E-state index in [-0.39, 0.29) is 0 Å². The predicted molar refractivity (Wildman–Crippen MR) is 72.2 cm³/mol. The van der Waals surface area contributed by atoms with Gasteiger partial charge in [0.25, 0.3) is 0 Å².